The zero-order valence-electron chi connectivity index (χ0n) is 16.5. The minimum absolute atomic E-state index is 0.235. The van der Waals surface area contributed by atoms with Crippen molar-refractivity contribution in [2.45, 2.75) is 31.1 Å². The van der Waals surface area contributed by atoms with Crippen LogP contribution in [0.3, 0.4) is 0 Å². The number of halogens is 4. The fourth-order valence-electron chi connectivity index (χ4n) is 3.95. The van der Waals surface area contributed by atoms with Crippen molar-refractivity contribution in [2.24, 2.45) is 13.0 Å². The third-order valence-corrected chi connectivity index (χ3v) is 5.98. The molecule has 1 fully saturated rings. The summed E-state index contributed by atoms with van der Waals surface area (Å²) in [4.78, 5) is 14.6. The molecule has 0 radical (unpaired) electrons. The third kappa shape index (κ3) is 4.85. The van der Waals surface area contributed by atoms with Gasteiger partial charge in [0.15, 0.2) is 0 Å². The SMILES string of the molecule is Cn1nnc(-c2ccc([C@@H](C(=O)Nc3cc(Cl)ccc3Cl)[C@H]3CCC(F)(F)C3)cc2)n1. The number of hydrogen-bond donors (Lipinski definition) is 1. The molecule has 1 aliphatic carbocycles. The Bertz CT molecular complexity index is 1100. The van der Waals surface area contributed by atoms with Crippen molar-refractivity contribution in [1.82, 2.24) is 20.2 Å². The summed E-state index contributed by atoms with van der Waals surface area (Å²) < 4.78 is 27.9. The van der Waals surface area contributed by atoms with Gasteiger partial charge in [0, 0.05) is 23.4 Å². The fourth-order valence-corrected chi connectivity index (χ4v) is 4.29. The molecule has 3 aromatic rings. The second-order valence-electron chi connectivity index (χ2n) is 7.67. The molecule has 1 saturated carbocycles. The van der Waals surface area contributed by atoms with Crippen LogP contribution in [0.2, 0.25) is 10.0 Å². The molecule has 0 saturated heterocycles. The zero-order valence-corrected chi connectivity index (χ0v) is 18.0. The molecule has 0 unspecified atom stereocenters. The van der Waals surface area contributed by atoms with Gasteiger partial charge in [0.25, 0.3) is 0 Å². The number of tetrazole rings is 1. The fraction of sp³-hybridized carbons (Fsp3) is 0.333. The van der Waals surface area contributed by atoms with E-state index in [1.54, 1.807) is 43.4 Å². The van der Waals surface area contributed by atoms with E-state index >= 15 is 0 Å². The molecule has 10 heteroatoms. The van der Waals surface area contributed by atoms with Crippen LogP contribution in [0.4, 0.5) is 14.5 Å². The van der Waals surface area contributed by atoms with Gasteiger partial charge in [-0.15, -0.1) is 10.2 Å². The van der Waals surface area contributed by atoms with Crippen molar-refractivity contribution in [3.8, 4) is 11.4 Å². The lowest BCUT2D eigenvalue weighted by Gasteiger charge is -2.24. The normalized spacial score (nSPS) is 18.7. The van der Waals surface area contributed by atoms with Gasteiger partial charge in [-0.2, -0.15) is 4.80 Å². The van der Waals surface area contributed by atoms with E-state index in [0.717, 1.165) is 0 Å². The van der Waals surface area contributed by atoms with Crippen molar-refractivity contribution in [2.75, 3.05) is 5.32 Å². The van der Waals surface area contributed by atoms with Crippen molar-refractivity contribution in [1.29, 1.82) is 0 Å². The first kappa shape index (κ1) is 21.6. The van der Waals surface area contributed by atoms with Crippen LogP contribution in [0, 0.1) is 5.92 Å². The van der Waals surface area contributed by atoms with E-state index in [9.17, 15) is 13.6 Å². The highest BCUT2D eigenvalue weighted by molar-refractivity contribution is 6.35. The molecule has 1 aromatic heterocycles. The van der Waals surface area contributed by atoms with E-state index < -0.39 is 23.7 Å². The van der Waals surface area contributed by atoms with E-state index in [1.807, 2.05) is 0 Å². The number of nitrogens with zero attached hydrogens (tertiary/aromatic N) is 4. The molecule has 31 heavy (non-hydrogen) atoms. The summed E-state index contributed by atoms with van der Waals surface area (Å²) >= 11 is 12.2. The minimum atomic E-state index is -2.78. The van der Waals surface area contributed by atoms with Gasteiger partial charge in [-0.25, -0.2) is 8.78 Å². The van der Waals surface area contributed by atoms with Gasteiger partial charge in [-0.1, -0.05) is 47.5 Å². The highest BCUT2D eigenvalue weighted by Gasteiger charge is 2.45. The number of benzene rings is 2. The van der Waals surface area contributed by atoms with E-state index in [0.29, 0.717) is 32.7 Å². The lowest BCUT2D eigenvalue weighted by molar-refractivity contribution is -0.118. The molecule has 1 heterocycles. The molecular weight excluding hydrogens is 447 g/mol. The maximum Gasteiger partial charge on any atom is 0.248 e. The van der Waals surface area contributed by atoms with Crippen LogP contribution < -0.4 is 5.32 Å². The predicted octanol–water partition coefficient (Wildman–Crippen LogP) is 5.34. The van der Waals surface area contributed by atoms with Crippen molar-refractivity contribution < 1.29 is 13.6 Å². The molecule has 0 aliphatic heterocycles. The number of amides is 1. The molecule has 162 valence electrons. The molecule has 4 rings (SSSR count). The Morgan fingerprint density at radius 1 is 1.23 bits per heavy atom. The number of carbonyl (C=O) groups excluding carboxylic acids is 1. The average molecular weight is 466 g/mol. The Labute approximate surface area is 187 Å². The van der Waals surface area contributed by atoms with Gasteiger partial charge >= 0.3 is 0 Å². The monoisotopic (exact) mass is 465 g/mol. The lowest BCUT2D eigenvalue weighted by Crippen LogP contribution is -2.27. The summed E-state index contributed by atoms with van der Waals surface area (Å²) in [5.74, 6) is -4.02. The Morgan fingerprint density at radius 2 is 1.97 bits per heavy atom. The van der Waals surface area contributed by atoms with E-state index in [-0.39, 0.29) is 19.3 Å². The number of nitrogens with one attached hydrogen (secondary N) is 1. The van der Waals surface area contributed by atoms with Crippen LogP contribution in [0.15, 0.2) is 42.5 Å². The molecule has 0 spiro atoms. The maximum absolute atomic E-state index is 14.0. The lowest BCUT2D eigenvalue weighted by atomic mass is 9.83. The molecule has 1 N–H and O–H groups in total. The van der Waals surface area contributed by atoms with E-state index in [2.05, 4.69) is 20.7 Å². The van der Waals surface area contributed by atoms with Gasteiger partial charge in [-0.05, 0) is 41.3 Å². The first-order valence-corrected chi connectivity index (χ1v) is 10.5. The number of aromatic nitrogens is 4. The second-order valence-corrected chi connectivity index (χ2v) is 8.52. The molecule has 2 atom stereocenters. The highest BCUT2D eigenvalue weighted by Crippen LogP contribution is 2.46. The topological polar surface area (TPSA) is 72.7 Å². The van der Waals surface area contributed by atoms with Gasteiger partial charge in [-0.3, -0.25) is 4.79 Å². The maximum atomic E-state index is 14.0. The standard InChI is InChI=1S/C21H19Cl2F2N5O/c1-30-28-19(27-29-30)13-4-2-12(3-5-13)18(14-8-9-21(24,25)11-14)20(31)26-17-10-15(22)6-7-16(17)23/h2-7,10,14,18H,8-9,11H2,1H3,(H,26,31)/t14-,18+/m0/s1. The second kappa shape index (κ2) is 8.51. The number of aryl methyl sites for hydroxylation is 1. The van der Waals surface area contributed by atoms with Gasteiger partial charge in [0.05, 0.1) is 23.7 Å². The Hall–Kier alpha value is -2.58. The number of hydrogen-bond acceptors (Lipinski definition) is 4. The molecule has 0 bridgehead atoms. The van der Waals surface area contributed by atoms with Crippen LogP contribution >= 0.6 is 23.2 Å². The summed E-state index contributed by atoms with van der Waals surface area (Å²) in [6.45, 7) is 0. The molecular formula is C21H19Cl2F2N5O. The summed E-state index contributed by atoms with van der Waals surface area (Å²) in [5.41, 5.74) is 1.69. The number of anilines is 1. The highest BCUT2D eigenvalue weighted by atomic mass is 35.5. The Kier molecular flexibility index (Phi) is 5.94. The quantitative estimate of drug-likeness (QED) is 0.551. The largest absolute Gasteiger partial charge is 0.324 e. The number of carbonyl (C=O) groups is 1. The van der Waals surface area contributed by atoms with Gasteiger partial charge < -0.3 is 5.32 Å². The third-order valence-electron chi connectivity index (χ3n) is 5.42. The number of rotatable bonds is 5. The van der Waals surface area contributed by atoms with Crippen molar-refractivity contribution in [3.05, 3.63) is 58.1 Å². The molecule has 6 nitrogen and oxygen atoms in total. The van der Waals surface area contributed by atoms with Crippen LogP contribution in [0.5, 0.6) is 0 Å². The molecule has 2 aromatic carbocycles. The summed E-state index contributed by atoms with van der Waals surface area (Å²) in [6.07, 6.45) is -0.329. The van der Waals surface area contributed by atoms with Crippen molar-refractivity contribution >= 4 is 34.8 Å². The Morgan fingerprint density at radius 3 is 2.58 bits per heavy atom. The first-order valence-electron chi connectivity index (χ1n) is 9.70. The summed E-state index contributed by atoms with van der Waals surface area (Å²) in [5, 5.41) is 15.4. The van der Waals surface area contributed by atoms with E-state index in [1.165, 1.54) is 10.9 Å². The van der Waals surface area contributed by atoms with Crippen LogP contribution in [-0.4, -0.2) is 32.0 Å². The average Bonchev–Trinajstić information content (AvgIpc) is 3.30. The first-order chi connectivity index (χ1) is 14.7. The van der Waals surface area contributed by atoms with Crippen molar-refractivity contribution in [3.63, 3.8) is 0 Å². The molecule has 1 aliphatic rings. The van der Waals surface area contributed by atoms with E-state index in [4.69, 9.17) is 23.2 Å². The van der Waals surface area contributed by atoms with Crippen LogP contribution in [0.25, 0.3) is 11.4 Å². The number of alkyl halides is 2. The smallest absolute Gasteiger partial charge is 0.248 e. The Balaban J connectivity index is 1.64. The summed E-state index contributed by atoms with van der Waals surface area (Å²) in [7, 11) is 1.66. The zero-order chi connectivity index (χ0) is 22.2. The minimum Gasteiger partial charge on any atom is -0.324 e. The van der Waals surface area contributed by atoms with Gasteiger partial charge in [0.2, 0.25) is 17.7 Å². The van der Waals surface area contributed by atoms with Gasteiger partial charge in [0.1, 0.15) is 0 Å². The predicted molar refractivity (Wildman–Crippen MR) is 114 cm³/mol. The molecule has 1 amide bonds. The van der Waals surface area contributed by atoms with Crippen LogP contribution in [0.1, 0.15) is 30.7 Å². The van der Waals surface area contributed by atoms with Crippen LogP contribution in [-0.2, 0) is 11.8 Å². The summed E-state index contributed by atoms with van der Waals surface area (Å²) in [6, 6.07) is 11.7.